The highest BCUT2D eigenvalue weighted by Gasteiger charge is 2.29. The summed E-state index contributed by atoms with van der Waals surface area (Å²) in [6.07, 6.45) is 0.486. The lowest BCUT2D eigenvalue weighted by molar-refractivity contribution is 0.0561. The number of benzene rings is 1. The average molecular weight is 220 g/mol. The van der Waals surface area contributed by atoms with Crippen molar-refractivity contribution in [3.63, 3.8) is 0 Å². The van der Waals surface area contributed by atoms with Crippen LogP contribution in [-0.2, 0) is 13.0 Å². The fourth-order valence-corrected chi connectivity index (χ4v) is 2.62. The Morgan fingerprint density at radius 3 is 2.75 bits per heavy atom. The van der Waals surface area contributed by atoms with E-state index in [2.05, 4.69) is 34.5 Å². The Balaban J connectivity index is 1.60. The van der Waals surface area contributed by atoms with Crippen LogP contribution in [-0.4, -0.2) is 36.7 Å². The Hall–Kier alpha value is -0.930. The van der Waals surface area contributed by atoms with E-state index in [1.807, 2.05) is 0 Å². The summed E-state index contributed by atoms with van der Waals surface area (Å²) in [5.74, 6) is 0. The zero-order valence-electron chi connectivity index (χ0n) is 9.32. The minimum atomic E-state index is -0.587. The molecule has 1 fully saturated rings. The number of fused-ring (bicyclic) bond motifs is 1. The largest absolute Gasteiger partial charge is 0.308 e. The number of alkyl halides is 1. The average Bonchev–Trinajstić information content (AvgIpc) is 2.27. The van der Waals surface area contributed by atoms with Crippen molar-refractivity contribution >= 4 is 0 Å². The second-order valence-electron chi connectivity index (χ2n) is 4.87. The molecule has 0 aromatic heterocycles. The van der Waals surface area contributed by atoms with Gasteiger partial charge in [0.2, 0.25) is 0 Å². The summed E-state index contributed by atoms with van der Waals surface area (Å²) in [5.41, 5.74) is 2.86. The van der Waals surface area contributed by atoms with Crippen LogP contribution in [0.1, 0.15) is 11.1 Å². The number of nitrogens with one attached hydrogen (secondary N) is 1. The fourth-order valence-electron chi connectivity index (χ4n) is 2.62. The third-order valence-corrected chi connectivity index (χ3v) is 3.56. The van der Waals surface area contributed by atoms with Gasteiger partial charge in [0.1, 0.15) is 6.17 Å². The van der Waals surface area contributed by atoms with Crippen LogP contribution in [0.3, 0.4) is 0 Å². The normalized spacial score (nSPS) is 26.2. The Morgan fingerprint density at radius 1 is 1.25 bits per heavy atom. The molecular formula is C13H17FN2. The third-order valence-electron chi connectivity index (χ3n) is 3.56. The van der Waals surface area contributed by atoms with Gasteiger partial charge in [-0.2, -0.15) is 0 Å². The fraction of sp³-hybridized carbons (Fsp3) is 0.538. The first-order chi connectivity index (χ1) is 7.81. The molecule has 86 valence electrons. The van der Waals surface area contributed by atoms with Gasteiger partial charge in [0.15, 0.2) is 0 Å². The van der Waals surface area contributed by atoms with Crippen LogP contribution in [0.4, 0.5) is 4.39 Å². The molecule has 0 radical (unpaired) electrons. The number of hydrogen-bond donors (Lipinski definition) is 1. The quantitative estimate of drug-likeness (QED) is 0.809. The summed E-state index contributed by atoms with van der Waals surface area (Å²) in [7, 11) is 0. The van der Waals surface area contributed by atoms with Gasteiger partial charge in [-0.15, -0.1) is 0 Å². The first-order valence-corrected chi connectivity index (χ1v) is 5.98. The number of halogens is 1. The summed E-state index contributed by atoms with van der Waals surface area (Å²) in [6.45, 7) is 3.18. The van der Waals surface area contributed by atoms with Crippen LogP contribution >= 0.6 is 0 Å². The van der Waals surface area contributed by atoms with E-state index in [4.69, 9.17) is 0 Å². The van der Waals surface area contributed by atoms with Crippen LogP contribution < -0.4 is 5.32 Å². The van der Waals surface area contributed by atoms with E-state index in [0.29, 0.717) is 19.1 Å². The van der Waals surface area contributed by atoms with Crippen molar-refractivity contribution in [2.45, 2.75) is 25.2 Å². The second-order valence-corrected chi connectivity index (χ2v) is 4.87. The molecular weight excluding hydrogens is 203 g/mol. The van der Waals surface area contributed by atoms with Crippen LogP contribution in [0.15, 0.2) is 24.3 Å². The zero-order valence-corrected chi connectivity index (χ0v) is 9.32. The molecule has 0 unspecified atom stereocenters. The van der Waals surface area contributed by atoms with E-state index in [9.17, 15) is 4.39 Å². The summed E-state index contributed by atoms with van der Waals surface area (Å²) in [6, 6.07) is 9.06. The minimum absolute atomic E-state index is 0.488. The summed E-state index contributed by atoms with van der Waals surface area (Å²) >= 11 is 0. The Morgan fingerprint density at radius 2 is 2.00 bits per heavy atom. The molecule has 3 heteroatoms. The summed E-state index contributed by atoms with van der Waals surface area (Å²) in [5, 5.41) is 3.53. The highest BCUT2D eigenvalue weighted by Crippen LogP contribution is 2.18. The van der Waals surface area contributed by atoms with E-state index in [-0.39, 0.29) is 0 Å². The van der Waals surface area contributed by atoms with E-state index in [1.54, 1.807) is 0 Å². The summed E-state index contributed by atoms with van der Waals surface area (Å²) < 4.78 is 12.7. The van der Waals surface area contributed by atoms with Crippen molar-refractivity contribution in [3.05, 3.63) is 35.4 Å². The van der Waals surface area contributed by atoms with Gasteiger partial charge in [-0.25, -0.2) is 4.39 Å². The van der Waals surface area contributed by atoms with Crippen molar-refractivity contribution in [3.8, 4) is 0 Å². The lowest BCUT2D eigenvalue weighted by Crippen LogP contribution is -2.54. The molecule has 0 saturated carbocycles. The van der Waals surface area contributed by atoms with Gasteiger partial charge in [0.05, 0.1) is 0 Å². The summed E-state index contributed by atoms with van der Waals surface area (Å²) in [4.78, 5) is 2.19. The topological polar surface area (TPSA) is 15.3 Å². The molecule has 2 aliphatic rings. The zero-order chi connectivity index (χ0) is 11.0. The smallest absolute Gasteiger partial charge is 0.125 e. The van der Waals surface area contributed by atoms with Crippen molar-refractivity contribution < 1.29 is 4.39 Å². The number of likely N-dealkylation sites (tertiary alicyclic amines) is 1. The predicted octanol–water partition coefficient (Wildman–Crippen LogP) is 1.35. The Kier molecular flexibility index (Phi) is 2.65. The van der Waals surface area contributed by atoms with Crippen molar-refractivity contribution in [2.75, 3.05) is 19.6 Å². The predicted molar refractivity (Wildman–Crippen MR) is 62.1 cm³/mol. The van der Waals surface area contributed by atoms with Crippen LogP contribution in [0, 0.1) is 0 Å². The lowest BCUT2D eigenvalue weighted by atomic mass is 9.95. The van der Waals surface area contributed by atoms with Gasteiger partial charge in [-0.05, 0) is 17.5 Å². The molecule has 0 spiro atoms. The first kappa shape index (κ1) is 10.2. The lowest BCUT2D eigenvalue weighted by Gasteiger charge is -2.38. The molecule has 1 aromatic rings. The molecule has 1 atom stereocenters. The highest BCUT2D eigenvalue weighted by molar-refractivity contribution is 5.30. The van der Waals surface area contributed by atoms with E-state index < -0.39 is 6.17 Å². The van der Waals surface area contributed by atoms with E-state index in [1.165, 1.54) is 11.1 Å². The van der Waals surface area contributed by atoms with Crippen molar-refractivity contribution in [1.29, 1.82) is 0 Å². The van der Waals surface area contributed by atoms with E-state index >= 15 is 0 Å². The maximum Gasteiger partial charge on any atom is 0.125 e. The monoisotopic (exact) mass is 220 g/mol. The third kappa shape index (κ3) is 1.97. The van der Waals surface area contributed by atoms with Crippen molar-refractivity contribution in [2.24, 2.45) is 0 Å². The van der Waals surface area contributed by atoms with Gasteiger partial charge in [-0.1, -0.05) is 24.3 Å². The Labute approximate surface area is 95.4 Å². The molecule has 2 heterocycles. The second kappa shape index (κ2) is 4.15. The number of nitrogens with zero attached hydrogens (tertiary/aromatic N) is 1. The van der Waals surface area contributed by atoms with Gasteiger partial charge in [0, 0.05) is 32.2 Å². The van der Waals surface area contributed by atoms with Crippen LogP contribution in [0.2, 0.25) is 0 Å². The van der Waals surface area contributed by atoms with Crippen molar-refractivity contribution in [1.82, 2.24) is 10.2 Å². The standard InChI is InChI=1S/C13H17FN2/c14-12-7-16(8-12)9-13-5-10-3-1-2-4-11(10)6-15-13/h1-4,12-13,15H,5-9H2/t13-/m0/s1. The number of rotatable bonds is 2. The molecule has 2 aliphatic heterocycles. The molecule has 1 N–H and O–H groups in total. The van der Waals surface area contributed by atoms with Crippen LogP contribution in [0.5, 0.6) is 0 Å². The SMILES string of the molecule is FC1CN(C[C@@H]2Cc3ccccc3CN2)C1. The van der Waals surface area contributed by atoms with Crippen LogP contribution in [0.25, 0.3) is 0 Å². The molecule has 0 aliphatic carbocycles. The highest BCUT2D eigenvalue weighted by atomic mass is 19.1. The minimum Gasteiger partial charge on any atom is -0.308 e. The molecule has 0 amide bonds. The maximum atomic E-state index is 12.7. The van der Waals surface area contributed by atoms with Gasteiger partial charge in [0.25, 0.3) is 0 Å². The molecule has 2 nitrogen and oxygen atoms in total. The van der Waals surface area contributed by atoms with Gasteiger partial charge >= 0.3 is 0 Å². The first-order valence-electron chi connectivity index (χ1n) is 5.98. The number of hydrogen-bond acceptors (Lipinski definition) is 2. The van der Waals surface area contributed by atoms with E-state index in [0.717, 1.165) is 19.5 Å². The van der Waals surface area contributed by atoms with Gasteiger partial charge < -0.3 is 5.32 Å². The Bertz CT molecular complexity index is 374. The maximum absolute atomic E-state index is 12.7. The molecule has 3 rings (SSSR count). The molecule has 1 saturated heterocycles. The van der Waals surface area contributed by atoms with Gasteiger partial charge in [-0.3, -0.25) is 4.90 Å². The molecule has 0 bridgehead atoms. The molecule has 1 aromatic carbocycles. The molecule has 16 heavy (non-hydrogen) atoms.